The summed E-state index contributed by atoms with van der Waals surface area (Å²) < 4.78 is 3.08. The summed E-state index contributed by atoms with van der Waals surface area (Å²) in [4.78, 5) is 11.5. The minimum atomic E-state index is -0.189. The molecule has 0 radical (unpaired) electrons. The molecule has 0 atom stereocenters. The van der Waals surface area contributed by atoms with Crippen LogP contribution in [0.3, 0.4) is 0 Å². The van der Waals surface area contributed by atoms with Crippen LogP contribution in [-0.4, -0.2) is 24.8 Å². The minimum Gasteiger partial charge on any atom is -0.394 e. The normalized spacial score (nSPS) is 10.4. The molecule has 0 aliphatic rings. The molecule has 7 heteroatoms. The third kappa shape index (κ3) is 2.01. The van der Waals surface area contributed by atoms with Gasteiger partial charge in [0.1, 0.15) is 6.33 Å². The lowest BCUT2D eigenvalue weighted by molar-refractivity contribution is 0.511. The zero-order valence-electron chi connectivity index (χ0n) is 7.95. The first-order valence-corrected chi connectivity index (χ1v) is 4.43. The fourth-order valence-electron chi connectivity index (χ4n) is 1.22. The van der Waals surface area contributed by atoms with Gasteiger partial charge in [-0.3, -0.25) is 4.79 Å². The van der Waals surface area contributed by atoms with Crippen molar-refractivity contribution in [3.8, 4) is 0 Å². The molecule has 0 saturated heterocycles. The van der Waals surface area contributed by atoms with E-state index in [-0.39, 0.29) is 11.2 Å². The van der Waals surface area contributed by atoms with Crippen molar-refractivity contribution in [1.82, 2.24) is 24.8 Å². The molecule has 15 heavy (non-hydrogen) atoms. The maximum atomic E-state index is 11.5. The van der Waals surface area contributed by atoms with E-state index < -0.39 is 0 Å². The van der Waals surface area contributed by atoms with E-state index in [2.05, 4.69) is 15.5 Å². The van der Waals surface area contributed by atoms with Crippen LogP contribution < -0.4 is 11.3 Å². The molecule has 2 rings (SSSR count). The summed E-state index contributed by atoms with van der Waals surface area (Å²) in [6.07, 6.45) is 3.18. The van der Waals surface area contributed by atoms with Gasteiger partial charge in [0.25, 0.3) is 5.56 Å². The van der Waals surface area contributed by atoms with E-state index in [1.807, 2.05) is 0 Å². The summed E-state index contributed by atoms with van der Waals surface area (Å²) in [7, 11) is 0. The second kappa shape index (κ2) is 3.91. The molecule has 2 aromatic rings. The molecule has 78 valence electrons. The van der Waals surface area contributed by atoms with Gasteiger partial charge in [0.05, 0.1) is 12.2 Å². The van der Waals surface area contributed by atoms with E-state index in [0.717, 1.165) is 0 Å². The van der Waals surface area contributed by atoms with Crippen molar-refractivity contribution < 1.29 is 0 Å². The van der Waals surface area contributed by atoms with Crippen LogP contribution in [0.4, 0.5) is 5.69 Å². The zero-order chi connectivity index (χ0) is 10.7. The van der Waals surface area contributed by atoms with E-state index in [1.54, 1.807) is 23.0 Å². The highest BCUT2D eigenvalue weighted by atomic mass is 16.1. The number of aromatic nitrogens is 5. The predicted octanol–water partition coefficient (Wildman–Crippen LogP) is -0.883. The van der Waals surface area contributed by atoms with Gasteiger partial charge in [-0.2, -0.15) is 0 Å². The van der Waals surface area contributed by atoms with Gasteiger partial charge < -0.3 is 10.3 Å². The fraction of sp³-hybridized carbons (Fsp3) is 0.250. The zero-order valence-corrected chi connectivity index (χ0v) is 7.95. The molecule has 0 saturated carbocycles. The van der Waals surface area contributed by atoms with Crippen molar-refractivity contribution in [2.24, 2.45) is 0 Å². The monoisotopic (exact) mass is 206 g/mol. The molecular weight excluding hydrogens is 196 g/mol. The molecule has 2 aromatic heterocycles. The van der Waals surface area contributed by atoms with Crippen LogP contribution in [0.2, 0.25) is 0 Å². The van der Waals surface area contributed by atoms with Crippen LogP contribution in [-0.2, 0) is 13.1 Å². The Morgan fingerprint density at radius 2 is 2.27 bits per heavy atom. The van der Waals surface area contributed by atoms with Crippen molar-refractivity contribution >= 4 is 5.69 Å². The van der Waals surface area contributed by atoms with Gasteiger partial charge in [0.2, 0.25) is 0 Å². The lowest BCUT2D eigenvalue weighted by Gasteiger charge is -2.04. The summed E-state index contributed by atoms with van der Waals surface area (Å²) in [6.45, 7) is 1.03. The summed E-state index contributed by atoms with van der Waals surface area (Å²) >= 11 is 0. The molecule has 0 spiro atoms. The number of nitrogens with zero attached hydrogens (tertiary/aromatic N) is 5. The Hall–Kier alpha value is -2.18. The van der Waals surface area contributed by atoms with Gasteiger partial charge in [-0.25, -0.2) is 4.68 Å². The predicted molar refractivity (Wildman–Crippen MR) is 52.9 cm³/mol. The number of nitrogens with two attached hydrogens (primary N) is 1. The highest BCUT2D eigenvalue weighted by Crippen LogP contribution is 1.92. The first-order chi connectivity index (χ1) is 7.27. The van der Waals surface area contributed by atoms with Crippen molar-refractivity contribution in [3.05, 3.63) is 35.0 Å². The van der Waals surface area contributed by atoms with Crippen molar-refractivity contribution in [1.29, 1.82) is 0 Å². The summed E-state index contributed by atoms with van der Waals surface area (Å²) in [5.74, 6) is 0. The van der Waals surface area contributed by atoms with Crippen LogP contribution >= 0.6 is 0 Å². The molecule has 0 amide bonds. The maximum absolute atomic E-state index is 11.5. The van der Waals surface area contributed by atoms with Crippen LogP contribution in [0.1, 0.15) is 0 Å². The molecule has 0 aliphatic carbocycles. The number of nitrogen functional groups attached to an aromatic ring is 1. The van der Waals surface area contributed by atoms with Crippen LogP contribution in [0.15, 0.2) is 29.5 Å². The number of tetrazole rings is 1. The van der Waals surface area contributed by atoms with Crippen LogP contribution in [0.5, 0.6) is 0 Å². The molecule has 0 aromatic carbocycles. The largest absolute Gasteiger partial charge is 0.394 e. The van der Waals surface area contributed by atoms with Crippen molar-refractivity contribution in [2.75, 3.05) is 5.73 Å². The van der Waals surface area contributed by atoms with Crippen LogP contribution in [0.25, 0.3) is 0 Å². The highest BCUT2D eigenvalue weighted by Gasteiger charge is 1.99. The number of aryl methyl sites for hydroxylation is 2. The summed E-state index contributed by atoms with van der Waals surface area (Å²) in [6, 6.07) is 3.31. The average molecular weight is 206 g/mol. The Kier molecular flexibility index (Phi) is 2.44. The third-order valence-electron chi connectivity index (χ3n) is 2.01. The standard InChI is InChI=1S/C8H10N6O/c9-7-2-1-3-13(8(7)15)4-5-14-6-10-11-12-14/h1-3,6H,4-5,9H2. The first-order valence-electron chi connectivity index (χ1n) is 4.43. The molecular formula is C8H10N6O. The molecule has 0 fully saturated rings. The topological polar surface area (TPSA) is 91.6 Å². The van der Waals surface area contributed by atoms with Gasteiger partial charge >= 0.3 is 0 Å². The van der Waals surface area contributed by atoms with Gasteiger partial charge in [-0.1, -0.05) is 0 Å². The SMILES string of the molecule is Nc1cccn(CCn2cnnn2)c1=O. The maximum Gasteiger partial charge on any atom is 0.273 e. The third-order valence-corrected chi connectivity index (χ3v) is 2.01. The summed E-state index contributed by atoms with van der Waals surface area (Å²) in [5.41, 5.74) is 5.54. The van der Waals surface area contributed by atoms with Gasteiger partial charge in [0, 0.05) is 12.7 Å². The Bertz CT molecular complexity index is 488. The Labute approximate surface area is 85.1 Å². The fourth-order valence-corrected chi connectivity index (χ4v) is 1.22. The Morgan fingerprint density at radius 1 is 1.40 bits per heavy atom. The number of anilines is 1. The van der Waals surface area contributed by atoms with Gasteiger partial charge in [-0.05, 0) is 22.6 Å². The quantitative estimate of drug-likeness (QED) is 0.703. The molecule has 0 unspecified atom stereocenters. The second-order valence-electron chi connectivity index (χ2n) is 3.03. The molecule has 7 nitrogen and oxygen atoms in total. The van der Waals surface area contributed by atoms with Crippen molar-refractivity contribution in [2.45, 2.75) is 13.1 Å². The molecule has 0 aliphatic heterocycles. The van der Waals surface area contributed by atoms with E-state index in [1.165, 1.54) is 10.9 Å². The van der Waals surface area contributed by atoms with E-state index >= 15 is 0 Å². The summed E-state index contributed by atoms with van der Waals surface area (Å²) in [5, 5.41) is 10.7. The number of hydrogen-bond acceptors (Lipinski definition) is 5. The lowest BCUT2D eigenvalue weighted by atomic mass is 10.4. The number of pyridine rings is 1. The minimum absolute atomic E-state index is 0.189. The van der Waals surface area contributed by atoms with E-state index in [9.17, 15) is 4.79 Å². The lowest BCUT2D eigenvalue weighted by Crippen LogP contribution is -2.24. The first kappa shape index (κ1) is 9.38. The van der Waals surface area contributed by atoms with E-state index in [4.69, 9.17) is 5.73 Å². The van der Waals surface area contributed by atoms with Crippen LogP contribution in [0, 0.1) is 0 Å². The molecule has 2 N–H and O–H groups in total. The number of rotatable bonds is 3. The van der Waals surface area contributed by atoms with E-state index in [0.29, 0.717) is 13.1 Å². The Balaban J connectivity index is 2.12. The second-order valence-corrected chi connectivity index (χ2v) is 3.03. The smallest absolute Gasteiger partial charge is 0.273 e. The molecule has 2 heterocycles. The van der Waals surface area contributed by atoms with Crippen molar-refractivity contribution in [3.63, 3.8) is 0 Å². The Morgan fingerprint density at radius 3 is 3.00 bits per heavy atom. The number of hydrogen-bond donors (Lipinski definition) is 1. The highest BCUT2D eigenvalue weighted by molar-refractivity contribution is 5.33. The van der Waals surface area contributed by atoms with Gasteiger partial charge in [0.15, 0.2) is 0 Å². The molecule has 0 bridgehead atoms. The average Bonchev–Trinajstić information content (AvgIpc) is 2.73. The van der Waals surface area contributed by atoms with Gasteiger partial charge in [-0.15, -0.1) is 5.10 Å².